The van der Waals surface area contributed by atoms with Crippen LogP contribution in [0.4, 0.5) is 11.8 Å². The van der Waals surface area contributed by atoms with Gasteiger partial charge in [0.15, 0.2) is 0 Å². The van der Waals surface area contributed by atoms with Crippen molar-refractivity contribution in [2.45, 2.75) is 32.2 Å². The molecule has 2 heterocycles. The van der Waals surface area contributed by atoms with E-state index in [1.165, 1.54) is 24.8 Å². The Balaban J connectivity index is 1.78. The molecular formula is C12H19N5. The summed E-state index contributed by atoms with van der Waals surface area (Å²) in [5.74, 6) is 2.16. The van der Waals surface area contributed by atoms with Crippen LogP contribution in [0.3, 0.4) is 0 Å². The predicted octanol–water partition coefficient (Wildman–Crippen LogP) is 0.916. The summed E-state index contributed by atoms with van der Waals surface area (Å²) in [4.78, 5) is 8.64. The number of rotatable bonds is 3. The molecule has 92 valence electrons. The van der Waals surface area contributed by atoms with Crippen LogP contribution < -0.4 is 16.4 Å². The maximum atomic E-state index is 5.75. The lowest BCUT2D eigenvalue weighted by molar-refractivity contribution is 0.333. The first-order valence-electron chi connectivity index (χ1n) is 6.43. The van der Waals surface area contributed by atoms with Crippen LogP contribution in [0.15, 0.2) is 0 Å². The summed E-state index contributed by atoms with van der Waals surface area (Å²) < 4.78 is 0. The molecule has 0 radical (unpaired) electrons. The fraction of sp³-hybridized carbons (Fsp3) is 0.667. The minimum absolute atomic E-state index is 0.378. The number of hydrogen-bond acceptors (Lipinski definition) is 5. The summed E-state index contributed by atoms with van der Waals surface area (Å²) in [5.41, 5.74) is 8.05. The van der Waals surface area contributed by atoms with Gasteiger partial charge in [0.05, 0.1) is 5.69 Å². The summed E-state index contributed by atoms with van der Waals surface area (Å²) in [7, 11) is 0. The van der Waals surface area contributed by atoms with Crippen molar-refractivity contribution in [1.82, 2.24) is 15.3 Å². The predicted molar refractivity (Wildman–Crippen MR) is 67.7 cm³/mol. The van der Waals surface area contributed by atoms with Crippen molar-refractivity contribution in [2.75, 3.05) is 24.1 Å². The van der Waals surface area contributed by atoms with Crippen molar-refractivity contribution in [3.8, 4) is 0 Å². The van der Waals surface area contributed by atoms with Crippen molar-refractivity contribution in [3.05, 3.63) is 11.3 Å². The van der Waals surface area contributed by atoms with Crippen LogP contribution in [0.1, 0.15) is 30.5 Å². The van der Waals surface area contributed by atoms with Gasteiger partial charge in [0.2, 0.25) is 5.95 Å². The van der Waals surface area contributed by atoms with E-state index in [-0.39, 0.29) is 0 Å². The monoisotopic (exact) mass is 233 g/mol. The lowest BCUT2D eigenvalue weighted by Gasteiger charge is -2.27. The van der Waals surface area contributed by atoms with Gasteiger partial charge in [-0.3, -0.25) is 0 Å². The minimum atomic E-state index is 0.378. The van der Waals surface area contributed by atoms with Gasteiger partial charge in [0.25, 0.3) is 0 Å². The van der Waals surface area contributed by atoms with Crippen molar-refractivity contribution in [3.63, 3.8) is 0 Å². The highest BCUT2D eigenvalue weighted by Gasteiger charge is 2.20. The second kappa shape index (κ2) is 4.49. The Kier molecular flexibility index (Phi) is 2.84. The quantitative estimate of drug-likeness (QED) is 0.723. The minimum Gasteiger partial charge on any atom is -0.369 e. The van der Waals surface area contributed by atoms with E-state index in [2.05, 4.69) is 20.6 Å². The molecule has 17 heavy (non-hydrogen) atoms. The van der Waals surface area contributed by atoms with Gasteiger partial charge in [-0.15, -0.1) is 0 Å². The molecule has 3 rings (SSSR count). The van der Waals surface area contributed by atoms with Crippen molar-refractivity contribution < 1.29 is 0 Å². The normalized spacial score (nSPS) is 19.5. The molecule has 5 nitrogen and oxygen atoms in total. The Labute approximate surface area is 101 Å². The Hall–Kier alpha value is -1.36. The number of nitrogen functional groups attached to an aromatic ring is 1. The van der Waals surface area contributed by atoms with Gasteiger partial charge in [-0.2, -0.15) is 4.98 Å². The van der Waals surface area contributed by atoms with Crippen molar-refractivity contribution >= 4 is 11.8 Å². The van der Waals surface area contributed by atoms with E-state index in [1.54, 1.807) is 0 Å². The molecule has 1 aliphatic heterocycles. The number of fused-ring (bicyclic) bond motifs is 1. The lowest BCUT2D eigenvalue weighted by Crippen LogP contribution is -2.28. The van der Waals surface area contributed by atoms with Crippen LogP contribution >= 0.6 is 0 Å². The van der Waals surface area contributed by atoms with Gasteiger partial charge in [0.1, 0.15) is 5.82 Å². The first-order chi connectivity index (χ1) is 8.33. The molecule has 0 aromatic carbocycles. The summed E-state index contributed by atoms with van der Waals surface area (Å²) in [6.45, 7) is 2.83. The number of aromatic nitrogens is 2. The van der Waals surface area contributed by atoms with Crippen LogP contribution in [-0.4, -0.2) is 23.1 Å². The zero-order chi connectivity index (χ0) is 11.7. The topological polar surface area (TPSA) is 75.9 Å². The van der Waals surface area contributed by atoms with E-state index < -0.39 is 0 Å². The van der Waals surface area contributed by atoms with E-state index in [0.717, 1.165) is 43.5 Å². The lowest BCUT2D eigenvalue weighted by atomic mass is 9.85. The Morgan fingerprint density at radius 2 is 2.24 bits per heavy atom. The zero-order valence-corrected chi connectivity index (χ0v) is 10.00. The van der Waals surface area contributed by atoms with E-state index in [4.69, 9.17) is 5.73 Å². The largest absolute Gasteiger partial charge is 0.369 e. The van der Waals surface area contributed by atoms with Crippen LogP contribution in [0, 0.1) is 5.92 Å². The smallest absolute Gasteiger partial charge is 0.222 e. The SMILES string of the molecule is Nc1nc2c(c(NCC3CCC3)n1)CCNC2. The summed E-state index contributed by atoms with van der Waals surface area (Å²) in [6, 6.07) is 0. The molecule has 0 bridgehead atoms. The van der Waals surface area contributed by atoms with Gasteiger partial charge in [0, 0.05) is 18.7 Å². The van der Waals surface area contributed by atoms with Crippen LogP contribution in [0.5, 0.6) is 0 Å². The third kappa shape index (κ3) is 2.20. The molecule has 5 heteroatoms. The van der Waals surface area contributed by atoms with Gasteiger partial charge in [-0.25, -0.2) is 4.98 Å². The van der Waals surface area contributed by atoms with E-state index in [9.17, 15) is 0 Å². The maximum absolute atomic E-state index is 5.75. The first-order valence-corrected chi connectivity index (χ1v) is 6.43. The molecule has 0 saturated heterocycles. The number of nitrogens with one attached hydrogen (secondary N) is 2. The van der Waals surface area contributed by atoms with Crippen LogP contribution in [-0.2, 0) is 13.0 Å². The molecule has 0 atom stereocenters. The van der Waals surface area contributed by atoms with Gasteiger partial charge in [-0.05, 0) is 31.7 Å². The molecular weight excluding hydrogens is 214 g/mol. The van der Waals surface area contributed by atoms with Crippen LogP contribution in [0.2, 0.25) is 0 Å². The Morgan fingerprint density at radius 3 is 3.00 bits per heavy atom. The standard InChI is InChI=1S/C12H19N5/c13-12-16-10-7-14-5-4-9(10)11(17-12)15-6-8-2-1-3-8/h8,14H,1-7H2,(H3,13,15,16,17). The highest BCUT2D eigenvalue weighted by atomic mass is 15.1. The number of nitrogens with zero attached hydrogens (tertiary/aromatic N) is 2. The Morgan fingerprint density at radius 1 is 1.35 bits per heavy atom. The zero-order valence-electron chi connectivity index (χ0n) is 10.00. The summed E-state index contributed by atoms with van der Waals surface area (Å²) in [5, 5.41) is 6.77. The number of nitrogens with two attached hydrogens (primary N) is 1. The Bertz CT molecular complexity index is 414. The summed E-state index contributed by atoms with van der Waals surface area (Å²) in [6.07, 6.45) is 5.05. The number of anilines is 2. The van der Waals surface area contributed by atoms with Crippen molar-refractivity contribution in [1.29, 1.82) is 0 Å². The van der Waals surface area contributed by atoms with E-state index in [1.807, 2.05) is 0 Å². The molecule has 4 N–H and O–H groups in total. The fourth-order valence-electron chi connectivity index (χ4n) is 2.46. The van der Waals surface area contributed by atoms with Gasteiger partial charge < -0.3 is 16.4 Å². The van der Waals surface area contributed by atoms with Gasteiger partial charge in [-0.1, -0.05) is 6.42 Å². The third-order valence-corrected chi connectivity index (χ3v) is 3.74. The van der Waals surface area contributed by atoms with Crippen molar-refractivity contribution in [2.24, 2.45) is 5.92 Å². The molecule has 1 aromatic heterocycles. The average molecular weight is 233 g/mol. The van der Waals surface area contributed by atoms with E-state index >= 15 is 0 Å². The highest BCUT2D eigenvalue weighted by Crippen LogP contribution is 2.27. The van der Waals surface area contributed by atoms with E-state index in [0.29, 0.717) is 5.95 Å². The highest BCUT2D eigenvalue weighted by molar-refractivity contribution is 5.50. The fourth-order valence-corrected chi connectivity index (χ4v) is 2.46. The molecule has 1 aromatic rings. The second-order valence-corrected chi connectivity index (χ2v) is 4.96. The molecule has 1 aliphatic carbocycles. The second-order valence-electron chi connectivity index (χ2n) is 4.96. The number of hydrogen-bond donors (Lipinski definition) is 3. The molecule has 2 aliphatic rings. The molecule has 1 fully saturated rings. The summed E-state index contributed by atoms with van der Waals surface area (Å²) >= 11 is 0. The molecule has 1 saturated carbocycles. The van der Waals surface area contributed by atoms with Gasteiger partial charge >= 0.3 is 0 Å². The first kappa shape index (κ1) is 10.8. The molecule has 0 spiro atoms. The maximum Gasteiger partial charge on any atom is 0.222 e. The third-order valence-electron chi connectivity index (χ3n) is 3.74. The molecule has 0 unspecified atom stereocenters. The molecule has 0 amide bonds. The van der Waals surface area contributed by atoms with Crippen LogP contribution in [0.25, 0.3) is 0 Å². The average Bonchev–Trinajstić information content (AvgIpc) is 2.26.